The minimum absolute atomic E-state index is 0.0181. The first kappa shape index (κ1) is 23.9. The largest absolute Gasteiger partial charge is 0.481 e. The van der Waals surface area contributed by atoms with Crippen molar-refractivity contribution in [3.8, 4) is 5.88 Å². The number of aromatic nitrogens is 3. The molecule has 11 heteroatoms. The number of H-pyrrole nitrogens is 1. The number of carbonyl (C=O) groups excluding carboxylic acids is 1. The molecule has 0 aliphatic heterocycles. The number of fused-ring (bicyclic) bond motifs is 1. The number of rotatable bonds is 8. The van der Waals surface area contributed by atoms with E-state index in [4.69, 9.17) is 4.74 Å². The quantitative estimate of drug-likeness (QED) is 0.462. The van der Waals surface area contributed by atoms with E-state index in [1.54, 1.807) is 12.1 Å². The van der Waals surface area contributed by atoms with Gasteiger partial charge in [-0.2, -0.15) is 0 Å². The summed E-state index contributed by atoms with van der Waals surface area (Å²) in [6.45, 7) is 0. The predicted molar refractivity (Wildman–Crippen MR) is 134 cm³/mol. The van der Waals surface area contributed by atoms with Crippen LogP contribution in [0.3, 0.4) is 0 Å². The Balaban J connectivity index is 1.52. The molecular weight excluding hydrogens is 488 g/mol. The molecule has 3 aromatic heterocycles. The van der Waals surface area contributed by atoms with Crippen LogP contribution in [0.1, 0.15) is 62.8 Å². The van der Waals surface area contributed by atoms with Gasteiger partial charge in [0.1, 0.15) is 10.3 Å². The van der Waals surface area contributed by atoms with Crippen molar-refractivity contribution in [3.05, 3.63) is 40.3 Å². The van der Waals surface area contributed by atoms with Crippen molar-refractivity contribution in [2.75, 3.05) is 12.4 Å². The van der Waals surface area contributed by atoms with Crippen LogP contribution in [-0.4, -0.2) is 41.6 Å². The summed E-state index contributed by atoms with van der Waals surface area (Å²) in [5.41, 5.74) is 0.131. The number of sulfone groups is 1. The molecule has 1 atom stereocenters. The number of aromatic amines is 1. The molecule has 2 saturated carbocycles. The summed E-state index contributed by atoms with van der Waals surface area (Å²) in [4.78, 5) is 38.7. The highest BCUT2D eigenvalue weighted by atomic mass is 32.2. The number of amides is 1. The maximum atomic E-state index is 13.7. The molecule has 2 aliphatic carbocycles. The summed E-state index contributed by atoms with van der Waals surface area (Å²) in [5, 5.41) is 2.71. The van der Waals surface area contributed by atoms with Crippen LogP contribution in [0.2, 0.25) is 0 Å². The van der Waals surface area contributed by atoms with Gasteiger partial charge in [0.25, 0.3) is 5.56 Å². The highest BCUT2D eigenvalue weighted by Crippen LogP contribution is 2.39. The van der Waals surface area contributed by atoms with E-state index >= 15 is 0 Å². The Bertz CT molecular complexity index is 1400. The Hall–Kier alpha value is -2.79. The van der Waals surface area contributed by atoms with Gasteiger partial charge in [-0.1, -0.05) is 43.4 Å². The monoisotopic (exact) mass is 516 g/mol. The maximum Gasteiger partial charge on any atom is 0.253 e. The van der Waals surface area contributed by atoms with E-state index in [1.807, 2.05) is 0 Å². The lowest BCUT2D eigenvalue weighted by atomic mass is 9.80. The summed E-state index contributed by atoms with van der Waals surface area (Å²) in [6.07, 6.45) is 8.15. The van der Waals surface area contributed by atoms with Crippen LogP contribution in [0.15, 0.2) is 34.1 Å². The van der Waals surface area contributed by atoms with Gasteiger partial charge < -0.3 is 15.0 Å². The lowest BCUT2D eigenvalue weighted by Crippen LogP contribution is -2.31. The van der Waals surface area contributed by atoms with Crippen LogP contribution >= 0.6 is 11.3 Å². The molecular formula is C24H28N4O5S2. The van der Waals surface area contributed by atoms with E-state index in [0.29, 0.717) is 40.6 Å². The van der Waals surface area contributed by atoms with Crippen molar-refractivity contribution < 1.29 is 17.9 Å². The number of methoxy groups -OCH3 is 1. The third-order valence-corrected chi connectivity index (χ3v) is 10.1. The normalized spacial score (nSPS) is 17.9. The van der Waals surface area contributed by atoms with Gasteiger partial charge in [0, 0.05) is 17.8 Å². The topological polar surface area (TPSA) is 131 Å². The third-order valence-electron chi connectivity index (χ3n) is 6.86. The molecule has 0 bridgehead atoms. The molecule has 35 heavy (non-hydrogen) atoms. The number of anilines is 1. The standard InChI is InChI=1S/C24H28N4O5S2/c1-33-19-10-9-17-23(27-19)34-24(26-17)28-21(29)16(13-14-5-3-2-4-6-14)20-18(11-12-25-22(20)30)35(31,32)15-7-8-15/h9-12,14-16H,2-8,13H2,1H3,(H,25,30)(H,26,28,29)/t16-/m1/s1. The van der Waals surface area contributed by atoms with Crippen molar-refractivity contribution in [3.63, 3.8) is 0 Å². The van der Waals surface area contributed by atoms with E-state index in [-0.39, 0.29) is 16.4 Å². The molecule has 1 amide bonds. The number of nitrogens with one attached hydrogen (secondary N) is 2. The first-order valence-corrected chi connectivity index (χ1v) is 14.3. The van der Waals surface area contributed by atoms with Crippen LogP contribution in [0.4, 0.5) is 5.13 Å². The predicted octanol–water partition coefficient (Wildman–Crippen LogP) is 4.02. The minimum Gasteiger partial charge on any atom is -0.481 e. The molecule has 0 spiro atoms. The first-order valence-electron chi connectivity index (χ1n) is 11.9. The van der Waals surface area contributed by atoms with E-state index in [2.05, 4.69) is 20.3 Å². The van der Waals surface area contributed by atoms with E-state index in [0.717, 1.165) is 32.1 Å². The number of hydrogen-bond donors (Lipinski definition) is 2. The molecule has 0 aromatic carbocycles. The molecule has 2 N–H and O–H groups in total. The SMILES string of the molecule is COc1ccc2nc(NC(=O)[C@H](CC3CCCCC3)c3c(S(=O)(=O)C4CC4)cc[nH]c3=O)sc2n1. The molecule has 9 nitrogen and oxygen atoms in total. The van der Waals surface area contributed by atoms with E-state index in [1.165, 1.54) is 30.7 Å². The van der Waals surface area contributed by atoms with Crippen molar-refractivity contribution in [1.29, 1.82) is 0 Å². The van der Waals surface area contributed by atoms with Crippen LogP contribution in [-0.2, 0) is 14.6 Å². The molecule has 3 heterocycles. The number of carbonyl (C=O) groups is 1. The summed E-state index contributed by atoms with van der Waals surface area (Å²) < 4.78 is 31.6. The number of nitrogens with zero attached hydrogens (tertiary/aromatic N) is 2. The lowest BCUT2D eigenvalue weighted by molar-refractivity contribution is -0.118. The Morgan fingerprint density at radius 2 is 1.94 bits per heavy atom. The number of ether oxygens (including phenoxy) is 1. The van der Waals surface area contributed by atoms with Crippen molar-refractivity contribution in [2.45, 2.75) is 67.4 Å². The van der Waals surface area contributed by atoms with Gasteiger partial charge in [-0.05, 0) is 37.3 Å². The Kier molecular flexibility index (Phi) is 6.63. The number of hydrogen-bond acceptors (Lipinski definition) is 8. The van der Waals surface area contributed by atoms with Gasteiger partial charge in [0.15, 0.2) is 15.0 Å². The summed E-state index contributed by atoms with van der Waals surface area (Å²) in [7, 11) is -2.15. The van der Waals surface area contributed by atoms with Crippen LogP contribution in [0.5, 0.6) is 5.88 Å². The first-order chi connectivity index (χ1) is 16.9. The summed E-state index contributed by atoms with van der Waals surface area (Å²) in [5.74, 6) is -0.636. The van der Waals surface area contributed by atoms with Crippen LogP contribution < -0.4 is 15.6 Å². The number of pyridine rings is 2. The van der Waals surface area contributed by atoms with Crippen LogP contribution in [0, 0.1) is 5.92 Å². The molecule has 0 radical (unpaired) electrons. The second-order valence-corrected chi connectivity index (χ2v) is 12.5. The lowest BCUT2D eigenvalue weighted by Gasteiger charge is -2.26. The molecule has 2 fully saturated rings. The van der Waals surface area contributed by atoms with Gasteiger partial charge in [0.2, 0.25) is 11.8 Å². The minimum atomic E-state index is -3.68. The Morgan fingerprint density at radius 1 is 1.17 bits per heavy atom. The molecule has 0 unspecified atom stereocenters. The molecule has 0 saturated heterocycles. The highest BCUT2D eigenvalue weighted by molar-refractivity contribution is 7.92. The fourth-order valence-electron chi connectivity index (χ4n) is 4.88. The van der Waals surface area contributed by atoms with Gasteiger partial charge >= 0.3 is 0 Å². The zero-order valence-corrected chi connectivity index (χ0v) is 21.1. The zero-order valence-electron chi connectivity index (χ0n) is 19.5. The summed E-state index contributed by atoms with van der Waals surface area (Å²) in [6, 6.07) is 4.88. The Morgan fingerprint density at radius 3 is 2.66 bits per heavy atom. The fourth-order valence-corrected chi connectivity index (χ4v) is 7.63. The molecule has 2 aliphatic rings. The zero-order chi connectivity index (χ0) is 24.6. The van der Waals surface area contributed by atoms with Gasteiger partial charge in [-0.15, -0.1) is 0 Å². The average molecular weight is 517 g/mol. The van der Waals surface area contributed by atoms with Gasteiger partial charge in [0.05, 0.1) is 23.2 Å². The molecule has 186 valence electrons. The van der Waals surface area contributed by atoms with Crippen molar-refractivity contribution in [1.82, 2.24) is 15.0 Å². The van der Waals surface area contributed by atoms with E-state index < -0.39 is 32.5 Å². The highest BCUT2D eigenvalue weighted by Gasteiger charge is 2.41. The average Bonchev–Trinajstić information content (AvgIpc) is 3.64. The second-order valence-electron chi connectivity index (χ2n) is 9.31. The molecule has 5 rings (SSSR count). The Labute approximate surface area is 207 Å². The van der Waals surface area contributed by atoms with Crippen molar-refractivity contribution in [2.24, 2.45) is 5.92 Å². The van der Waals surface area contributed by atoms with Crippen LogP contribution in [0.25, 0.3) is 10.3 Å². The van der Waals surface area contributed by atoms with Crippen molar-refractivity contribution >= 4 is 42.6 Å². The second kappa shape index (κ2) is 9.69. The third kappa shape index (κ3) is 4.97. The summed E-state index contributed by atoms with van der Waals surface area (Å²) >= 11 is 1.20. The maximum absolute atomic E-state index is 13.7. The smallest absolute Gasteiger partial charge is 0.253 e. The fraction of sp³-hybridized carbons (Fsp3) is 0.500. The van der Waals surface area contributed by atoms with Gasteiger partial charge in [-0.25, -0.2) is 18.4 Å². The van der Waals surface area contributed by atoms with Gasteiger partial charge in [-0.3, -0.25) is 9.59 Å². The molecule has 3 aromatic rings. The number of thiazole rings is 1. The van der Waals surface area contributed by atoms with E-state index in [9.17, 15) is 18.0 Å².